The molecular formula is C11H19N3S. The summed E-state index contributed by atoms with van der Waals surface area (Å²) in [5, 5.41) is 4.41. The Morgan fingerprint density at radius 1 is 1.53 bits per heavy atom. The molecule has 3 nitrogen and oxygen atoms in total. The fourth-order valence-corrected chi connectivity index (χ4v) is 1.51. The van der Waals surface area contributed by atoms with E-state index in [9.17, 15) is 0 Å². The molecule has 0 aliphatic carbocycles. The summed E-state index contributed by atoms with van der Waals surface area (Å²) in [6, 6.07) is 2.08. The molecule has 0 amide bonds. The van der Waals surface area contributed by atoms with E-state index in [0.29, 0.717) is 4.99 Å². The summed E-state index contributed by atoms with van der Waals surface area (Å²) >= 11 is 5.03. The molecule has 0 radical (unpaired) electrons. The van der Waals surface area contributed by atoms with Gasteiger partial charge in [0.25, 0.3) is 0 Å². The van der Waals surface area contributed by atoms with E-state index in [4.69, 9.17) is 18.0 Å². The van der Waals surface area contributed by atoms with Crippen molar-refractivity contribution in [2.75, 3.05) is 0 Å². The van der Waals surface area contributed by atoms with Gasteiger partial charge in [0.15, 0.2) is 0 Å². The first-order chi connectivity index (χ1) is 6.83. The summed E-state index contributed by atoms with van der Waals surface area (Å²) < 4.78 is 2.01. The van der Waals surface area contributed by atoms with E-state index in [1.165, 1.54) is 5.69 Å². The molecule has 1 aromatic rings. The van der Waals surface area contributed by atoms with Crippen molar-refractivity contribution in [1.82, 2.24) is 9.78 Å². The van der Waals surface area contributed by atoms with Crippen molar-refractivity contribution in [3.63, 3.8) is 0 Å². The van der Waals surface area contributed by atoms with E-state index in [0.717, 1.165) is 18.7 Å². The fraction of sp³-hybridized carbons (Fsp3) is 0.636. The van der Waals surface area contributed by atoms with Gasteiger partial charge >= 0.3 is 0 Å². The van der Waals surface area contributed by atoms with Crippen LogP contribution in [0.4, 0.5) is 0 Å². The van der Waals surface area contributed by atoms with Crippen LogP contribution in [0.25, 0.3) is 0 Å². The van der Waals surface area contributed by atoms with Gasteiger partial charge in [-0.25, -0.2) is 0 Å². The van der Waals surface area contributed by atoms with E-state index in [-0.39, 0.29) is 5.41 Å². The highest BCUT2D eigenvalue weighted by molar-refractivity contribution is 7.80. The number of hydrogen-bond donors (Lipinski definition) is 1. The molecule has 0 bridgehead atoms. The van der Waals surface area contributed by atoms with Crippen LogP contribution in [-0.2, 0) is 6.54 Å². The number of aryl methyl sites for hydroxylation is 3. The molecule has 1 heterocycles. The first-order valence-electron chi connectivity index (χ1n) is 5.14. The van der Waals surface area contributed by atoms with Gasteiger partial charge in [-0.05, 0) is 26.3 Å². The molecule has 84 valence electrons. The van der Waals surface area contributed by atoms with Crippen molar-refractivity contribution in [2.24, 2.45) is 11.1 Å². The van der Waals surface area contributed by atoms with Crippen molar-refractivity contribution in [2.45, 2.75) is 40.7 Å². The van der Waals surface area contributed by atoms with Gasteiger partial charge in [0.1, 0.15) is 0 Å². The van der Waals surface area contributed by atoms with Crippen LogP contribution in [-0.4, -0.2) is 14.8 Å². The van der Waals surface area contributed by atoms with Gasteiger partial charge in [0.2, 0.25) is 0 Å². The molecular weight excluding hydrogens is 206 g/mol. The van der Waals surface area contributed by atoms with Crippen molar-refractivity contribution >= 4 is 17.2 Å². The highest BCUT2D eigenvalue weighted by Crippen LogP contribution is 2.21. The maximum atomic E-state index is 5.68. The number of rotatable bonds is 4. The topological polar surface area (TPSA) is 43.8 Å². The maximum Gasteiger partial charge on any atom is 0.0785 e. The second-order valence-corrected chi connectivity index (χ2v) is 5.09. The second-order valence-electron chi connectivity index (χ2n) is 4.65. The molecule has 4 heteroatoms. The summed E-state index contributed by atoms with van der Waals surface area (Å²) in [6.07, 6.45) is 0.921. The average Bonchev–Trinajstić information content (AvgIpc) is 2.41. The Bertz CT molecular complexity index is 366. The quantitative estimate of drug-likeness (QED) is 0.799. The summed E-state index contributed by atoms with van der Waals surface area (Å²) in [7, 11) is 0. The molecule has 0 fully saturated rings. The zero-order valence-corrected chi connectivity index (χ0v) is 10.7. The number of thiocarbonyl (C=S) groups is 1. The predicted octanol–water partition coefficient (Wildman–Crippen LogP) is 2.20. The van der Waals surface area contributed by atoms with Crippen LogP contribution in [0.5, 0.6) is 0 Å². The third-order valence-corrected chi connectivity index (χ3v) is 3.27. The zero-order chi connectivity index (χ0) is 11.6. The van der Waals surface area contributed by atoms with Crippen LogP contribution < -0.4 is 5.73 Å². The smallest absolute Gasteiger partial charge is 0.0785 e. The summed E-state index contributed by atoms with van der Waals surface area (Å²) in [6.45, 7) is 9.07. The molecule has 0 atom stereocenters. The van der Waals surface area contributed by atoms with Gasteiger partial charge in [-0.3, -0.25) is 4.68 Å². The third-order valence-electron chi connectivity index (χ3n) is 2.72. The summed E-state index contributed by atoms with van der Waals surface area (Å²) in [5.41, 5.74) is 7.83. The molecule has 0 aromatic carbocycles. The highest BCUT2D eigenvalue weighted by Gasteiger charge is 2.21. The van der Waals surface area contributed by atoms with Gasteiger partial charge in [-0.2, -0.15) is 5.10 Å². The summed E-state index contributed by atoms with van der Waals surface area (Å²) in [5.74, 6) is 0. The molecule has 15 heavy (non-hydrogen) atoms. The number of nitrogens with two attached hydrogens (primary N) is 1. The van der Waals surface area contributed by atoms with Gasteiger partial charge in [0, 0.05) is 17.7 Å². The number of nitrogens with zero attached hydrogens (tertiary/aromatic N) is 2. The minimum atomic E-state index is -0.0956. The van der Waals surface area contributed by atoms with E-state index < -0.39 is 0 Å². The normalized spacial score (nSPS) is 11.7. The molecule has 1 rings (SSSR count). The largest absolute Gasteiger partial charge is 0.393 e. The Morgan fingerprint density at radius 3 is 2.53 bits per heavy atom. The first kappa shape index (κ1) is 12.2. The Labute approximate surface area is 96.7 Å². The Morgan fingerprint density at radius 2 is 2.13 bits per heavy atom. The third kappa shape index (κ3) is 3.02. The Balaban J connectivity index is 2.65. The van der Waals surface area contributed by atoms with Crippen LogP contribution in [0.3, 0.4) is 0 Å². The van der Waals surface area contributed by atoms with Crippen LogP contribution in [0.1, 0.15) is 31.7 Å². The number of aromatic nitrogens is 2. The van der Waals surface area contributed by atoms with Crippen LogP contribution in [0, 0.1) is 19.3 Å². The molecule has 0 aliphatic rings. The Kier molecular flexibility index (Phi) is 3.50. The molecule has 0 aliphatic heterocycles. The van der Waals surface area contributed by atoms with E-state index in [1.807, 2.05) is 11.6 Å². The first-order valence-corrected chi connectivity index (χ1v) is 5.55. The monoisotopic (exact) mass is 225 g/mol. The van der Waals surface area contributed by atoms with Crippen molar-refractivity contribution in [3.05, 3.63) is 17.5 Å². The second kappa shape index (κ2) is 4.31. The van der Waals surface area contributed by atoms with Gasteiger partial charge < -0.3 is 5.73 Å². The van der Waals surface area contributed by atoms with Crippen molar-refractivity contribution < 1.29 is 0 Å². The van der Waals surface area contributed by atoms with E-state index in [1.54, 1.807) is 0 Å². The lowest BCUT2D eigenvalue weighted by molar-refractivity contribution is 0.413. The summed E-state index contributed by atoms with van der Waals surface area (Å²) in [4.78, 5) is 0.573. The van der Waals surface area contributed by atoms with Crippen molar-refractivity contribution in [1.29, 1.82) is 0 Å². The van der Waals surface area contributed by atoms with Gasteiger partial charge in [0.05, 0.1) is 10.7 Å². The van der Waals surface area contributed by atoms with E-state index in [2.05, 4.69) is 31.9 Å². The standard InChI is InChI=1S/C11H19N3S/c1-8-7-9(2)14(13-8)6-5-11(3,4)10(12)15/h7H,5-6H2,1-4H3,(H2,12,15). The van der Waals surface area contributed by atoms with Crippen LogP contribution in [0.15, 0.2) is 6.07 Å². The molecule has 1 aromatic heterocycles. The van der Waals surface area contributed by atoms with Gasteiger partial charge in [-0.15, -0.1) is 0 Å². The minimum absolute atomic E-state index is 0.0956. The lowest BCUT2D eigenvalue weighted by Gasteiger charge is -2.23. The van der Waals surface area contributed by atoms with Crippen LogP contribution in [0.2, 0.25) is 0 Å². The SMILES string of the molecule is Cc1cc(C)n(CCC(C)(C)C(N)=S)n1. The van der Waals surface area contributed by atoms with Crippen molar-refractivity contribution in [3.8, 4) is 0 Å². The molecule has 0 unspecified atom stereocenters. The molecule has 0 saturated carbocycles. The van der Waals surface area contributed by atoms with Crippen LogP contribution >= 0.6 is 12.2 Å². The maximum absolute atomic E-state index is 5.68. The van der Waals surface area contributed by atoms with E-state index >= 15 is 0 Å². The predicted molar refractivity (Wildman–Crippen MR) is 66.9 cm³/mol. The molecule has 0 spiro atoms. The Hall–Kier alpha value is -0.900. The average molecular weight is 225 g/mol. The fourth-order valence-electron chi connectivity index (χ4n) is 1.41. The molecule has 0 saturated heterocycles. The zero-order valence-electron chi connectivity index (χ0n) is 9.87. The lowest BCUT2D eigenvalue weighted by atomic mass is 9.89. The molecule has 2 N–H and O–H groups in total. The number of hydrogen-bond acceptors (Lipinski definition) is 2. The lowest BCUT2D eigenvalue weighted by Crippen LogP contribution is -2.31. The minimum Gasteiger partial charge on any atom is -0.393 e. The highest BCUT2D eigenvalue weighted by atomic mass is 32.1. The van der Waals surface area contributed by atoms with Gasteiger partial charge in [-0.1, -0.05) is 26.1 Å².